The number of carbonyl (C=O) groups is 2. The maximum Gasteiger partial charge on any atom is 1.00 e. The number of ether oxygens (including phenoxy) is 1. The fourth-order valence-electron chi connectivity index (χ4n) is 1.16. The van der Waals surface area contributed by atoms with Crippen molar-refractivity contribution >= 4 is 17.7 Å². The number of carbonyl (C=O) groups excluding carboxylic acids is 2. The fraction of sp³-hybridized carbons (Fsp3) is 0.200. The first kappa shape index (κ1) is 21.3. The van der Waals surface area contributed by atoms with Gasteiger partial charge in [0.25, 0.3) is 0 Å². The maximum atomic E-state index is 11.1. The van der Waals surface area contributed by atoms with E-state index in [1.165, 1.54) is 0 Å². The van der Waals surface area contributed by atoms with Crippen molar-refractivity contribution in [3.8, 4) is 5.75 Å². The molecule has 1 amide bonds. The fourth-order valence-corrected chi connectivity index (χ4v) is 1.16. The first-order valence-electron chi connectivity index (χ1n) is 4.49. The molecule has 8 heteroatoms. The molecule has 0 fully saturated rings. The third-order valence-electron chi connectivity index (χ3n) is 1.75. The van der Waals surface area contributed by atoms with E-state index in [9.17, 15) is 4.79 Å². The Labute approximate surface area is 189 Å². The van der Waals surface area contributed by atoms with Crippen LogP contribution in [-0.4, -0.2) is 18.7 Å². The molecule has 0 aliphatic carbocycles. The largest absolute Gasteiger partial charge is 1.00 e. The number of hydrogen-bond donors (Lipinski definition) is 1. The number of fused-ring (bicyclic) bond motifs is 1. The second-order valence-corrected chi connectivity index (χ2v) is 2.89. The van der Waals surface area contributed by atoms with Crippen LogP contribution in [0.5, 0.6) is 5.75 Å². The zero-order chi connectivity index (χ0) is 12.0. The van der Waals surface area contributed by atoms with Gasteiger partial charge in [-0.05, 0) is 18.3 Å². The van der Waals surface area contributed by atoms with E-state index in [0.717, 1.165) is 11.4 Å². The Kier molecular flexibility index (Phi) is 14.0. The minimum atomic E-state index is -2.33. The molecular formula is C10H9K2NO5. The van der Waals surface area contributed by atoms with Gasteiger partial charge in [0.1, 0.15) is 5.75 Å². The Morgan fingerprint density at radius 2 is 1.78 bits per heavy atom. The van der Waals surface area contributed by atoms with Gasteiger partial charge < -0.3 is 25.1 Å². The Balaban J connectivity index is 0. The van der Waals surface area contributed by atoms with Crippen LogP contribution in [0.2, 0.25) is 0 Å². The summed E-state index contributed by atoms with van der Waals surface area (Å²) in [7, 11) is 0. The number of hydrogen-bond acceptors (Lipinski definition) is 5. The average Bonchev–Trinajstić information content (AvgIpc) is 2.37. The number of anilines is 1. The summed E-state index contributed by atoms with van der Waals surface area (Å²) < 4.78 is 5.34. The van der Waals surface area contributed by atoms with Crippen LogP contribution in [0.4, 0.5) is 10.5 Å². The van der Waals surface area contributed by atoms with Gasteiger partial charge in [0.2, 0.25) is 5.91 Å². The zero-order valence-corrected chi connectivity index (χ0v) is 16.5. The van der Waals surface area contributed by atoms with Crippen LogP contribution in [-0.2, 0) is 4.79 Å². The first-order valence-corrected chi connectivity index (χ1v) is 4.49. The summed E-state index contributed by atoms with van der Waals surface area (Å²) in [6, 6.07) is 7.43. The second kappa shape index (κ2) is 11.8. The van der Waals surface area contributed by atoms with Crippen molar-refractivity contribution in [2.75, 3.05) is 11.9 Å². The van der Waals surface area contributed by atoms with Gasteiger partial charge in [0.05, 0.1) is 18.7 Å². The SMILES string of the molecule is O=C([O-])[O-].O=C1CCOc2ccccc2N1.[K+].[K+]. The van der Waals surface area contributed by atoms with Crippen LogP contribution in [0.3, 0.4) is 0 Å². The summed E-state index contributed by atoms with van der Waals surface area (Å²) >= 11 is 0. The maximum absolute atomic E-state index is 11.1. The summed E-state index contributed by atoms with van der Waals surface area (Å²) in [6.07, 6.45) is -1.91. The van der Waals surface area contributed by atoms with Crippen molar-refractivity contribution in [2.24, 2.45) is 0 Å². The molecule has 0 unspecified atom stereocenters. The zero-order valence-electron chi connectivity index (χ0n) is 10.3. The quantitative estimate of drug-likeness (QED) is 0.480. The van der Waals surface area contributed by atoms with Gasteiger partial charge in [-0.1, -0.05) is 12.1 Å². The van der Waals surface area contributed by atoms with E-state index in [1.807, 2.05) is 24.3 Å². The van der Waals surface area contributed by atoms with Crippen molar-refractivity contribution in [1.82, 2.24) is 0 Å². The summed E-state index contributed by atoms with van der Waals surface area (Å²) in [5.74, 6) is 0.767. The first-order chi connectivity index (χ1) is 7.59. The molecule has 0 radical (unpaired) electrons. The van der Waals surface area contributed by atoms with Crippen LogP contribution in [0.1, 0.15) is 6.42 Å². The molecular weight excluding hydrogens is 292 g/mol. The van der Waals surface area contributed by atoms with Crippen molar-refractivity contribution in [3.63, 3.8) is 0 Å². The molecule has 6 nitrogen and oxygen atoms in total. The third kappa shape index (κ3) is 9.02. The summed E-state index contributed by atoms with van der Waals surface area (Å²) in [4.78, 5) is 19.4. The summed E-state index contributed by atoms with van der Waals surface area (Å²) in [6.45, 7) is 0.461. The van der Waals surface area contributed by atoms with Crippen LogP contribution in [0.15, 0.2) is 24.3 Å². The third-order valence-corrected chi connectivity index (χ3v) is 1.75. The molecule has 0 saturated carbocycles. The smallest absolute Gasteiger partial charge is 0.652 e. The standard InChI is InChI=1S/C9H9NO2.CH2O3.2K/c11-9-5-6-12-8-4-2-1-3-7(8)10-9;2-1(3)4;;/h1-4H,5-6H2,(H,10,11);(H2,2,3,4);;/q;;2*+1/p-2. The van der Waals surface area contributed by atoms with E-state index in [-0.39, 0.29) is 109 Å². The van der Waals surface area contributed by atoms with E-state index in [4.69, 9.17) is 19.7 Å². The van der Waals surface area contributed by atoms with Crippen molar-refractivity contribution < 1.29 is 127 Å². The second-order valence-electron chi connectivity index (χ2n) is 2.89. The van der Waals surface area contributed by atoms with Gasteiger partial charge >= 0.3 is 103 Å². The van der Waals surface area contributed by atoms with Crippen LogP contribution >= 0.6 is 0 Å². The van der Waals surface area contributed by atoms with Gasteiger partial charge in [0.15, 0.2) is 0 Å². The average molecular weight is 301 g/mol. The van der Waals surface area contributed by atoms with E-state index < -0.39 is 6.16 Å². The Morgan fingerprint density at radius 3 is 2.39 bits per heavy atom. The number of rotatable bonds is 0. The molecule has 2 rings (SSSR count). The summed E-state index contributed by atoms with van der Waals surface area (Å²) in [5, 5.41) is 19.4. The van der Waals surface area contributed by atoms with Crippen molar-refractivity contribution in [1.29, 1.82) is 0 Å². The summed E-state index contributed by atoms with van der Waals surface area (Å²) in [5.41, 5.74) is 0.764. The van der Waals surface area contributed by atoms with E-state index in [2.05, 4.69) is 5.32 Å². The Hall–Kier alpha value is 1.03. The molecule has 1 N–H and O–H groups in total. The molecule has 86 valence electrons. The normalized spacial score (nSPS) is 11.7. The van der Waals surface area contributed by atoms with Gasteiger partial charge in [-0.2, -0.15) is 0 Å². The van der Waals surface area contributed by atoms with Crippen LogP contribution in [0.25, 0.3) is 0 Å². The topological polar surface area (TPSA) is 102 Å². The number of para-hydroxylation sites is 2. The van der Waals surface area contributed by atoms with Gasteiger partial charge in [-0.15, -0.1) is 0 Å². The molecule has 0 bridgehead atoms. The molecule has 1 aliphatic rings. The number of nitrogens with one attached hydrogen (secondary N) is 1. The molecule has 1 aromatic rings. The molecule has 0 atom stereocenters. The molecule has 0 saturated heterocycles. The number of amides is 1. The predicted molar refractivity (Wildman–Crippen MR) is 50.6 cm³/mol. The predicted octanol–water partition coefficient (Wildman–Crippen LogP) is -7.03. The van der Waals surface area contributed by atoms with Crippen LogP contribution in [0, 0.1) is 0 Å². The molecule has 1 aromatic carbocycles. The Bertz CT molecular complexity index is 396. The molecule has 0 aromatic heterocycles. The minimum Gasteiger partial charge on any atom is -0.652 e. The van der Waals surface area contributed by atoms with Gasteiger partial charge in [-0.3, -0.25) is 4.79 Å². The van der Waals surface area contributed by atoms with Crippen LogP contribution < -0.4 is 123 Å². The minimum absolute atomic E-state index is 0. The van der Waals surface area contributed by atoms with Gasteiger partial charge in [0, 0.05) is 0 Å². The number of carboxylic acid groups (broad SMARTS) is 2. The molecule has 18 heavy (non-hydrogen) atoms. The molecule has 1 heterocycles. The number of benzene rings is 1. The van der Waals surface area contributed by atoms with E-state index >= 15 is 0 Å². The van der Waals surface area contributed by atoms with Crippen molar-refractivity contribution in [2.45, 2.75) is 6.42 Å². The van der Waals surface area contributed by atoms with E-state index in [0.29, 0.717) is 13.0 Å². The monoisotopic (exact) mass is 301 g/mol. The Morgan fingerprint density at radius 1 is 1.22 bits per heavy atom. The van der Waals surface area contributed by atoms with E-state index in [1.54, 1.807) is 0 Å². The van der Waals surface area contributed by atoms with Crippen molar-refractivity contribution in [3.05, 3.63) is 24.3 Å². The molecule has 1 aliphatic heterocycles. The molecule has 0 spiro atoms. The van der Waals surface area contributed by atoms with Gasteiger partial charge in [-0.25, -0.2) is 0 Å².